The Morgan fingerprint density at radius 1 is 1.00 bits per heavy atom. The van der Waals surface area contributed by atoms with Crippen molar-refractivity contribution < 1.29 is 13.2 Å². The number of aromatic amines is 1. The number of nitrogens with zero attached hydrogens (tertiary/aromatic N) is 3. The van der Waals surface area contributed by atoms with Gasteiger partial charge in [0, 0.05) is 54.3 Å². The average Bonchev–Trinajstić information content (AvgIpc) is 3.45. The molecule has 44 heavy (non-hydrogen) atoms. The van der Waals surface area contributed by atoms with E-state index >= 15 is 0 Å². The van der Waals surface area contributed by atoms with E-state index in [1.807, 2.05) is 38.1 Å². The van der Waals surface area contributed by atoms with E-state index in [4.69, 9.17) is 4.74 Å². The largest absolute Gasteiger partial charge is 0.455 e. The Kier molecular flexibility index (Phi) is 7.04. The Balaban J connectivity index is 1.57. The number of H-pyrrole nitrogens is 1. The van der Waals surface area contributed by atoms with Crippen LogP contribution in [-0.2, 0) is 17.1 Å². The molecule has 0 spiro atoms. The van der Waals surface area contributed by atoms with Gasteiger partial charge < -0.3 is 14.3 Å². The Hall–Kier alpha value is -4.96. The number of ether oxygens (including phenoxy) is 1. The van der Waals surface area contributed by atoms with Crippen molar-refractivity contribution in [2.75, 3.05) is 0 Å². The molecule has 6 rings (SSSR count). The summed E-state index contributed by atoms with van der Waals surface area (Å²) in [5, 5.41) is 0.511. The summed E-state index contributed by atoms with van der Waals surface area (Å²) < 4.78 is 36.8. The molecule has 4 heterocycles. The Morgan fingerprint density at radius 3 is 2.45 bits per heavy atom. The zero-order valence-corrected chi connectivity index (χ0v) is 25.8. The highest BCUT2D eigenvalue weighted by molar-refractivity contribution is 7.91. The number of benzene rings is 1. The molecule has 2 unspecified atom stereocenters. The second kappa shape index (κ2) is 10.6. The number of fused-ring (bicyclic) bond motifs is 1. The fourth-order valence-corrected chi connectivity index (χ4v) is 7.96. The van der Waals surface area contributed by atoms with Crippen molar-refractivity contribution in [1.82, 2.24) is 18.5 Å². The van der Waals surface area contributed by atoms with Gasteiger partial charge in [-0.15, -0.1) is 0 Å². The van der Waals surface area contributed by atoms with Crippen LogP contribution < -0.4 is 15.9 Å². The molecule has 0 saturated carbocycles. The fourth-order valence-electron chi connectivity index (χ4n) is 5.92. The molecule has 1 aliphatic carbocycles. The summed E-state index contributed by atoms with van der Waals surface area (Å²) in [5.74, 6) is 0.350. The normalized spacial score (nSPS) is 18.6. The summed E-state index contributed by atoms with van der Waals surface area (Å²) in [6.07, 6.45) is 9.77. The summed E-state index contributed by atoms with van der Waals surface area (Å²) in [6, 6.07) is 16.0. The number of aryl methyl sites for hydroxylation is 3. The molecule has 10 heteroatoms. The standard InChI is InChI=1S/C34H32N4O5S/c1-21-9-8-10-22(2)32(21)43-29-20-37(5)30(39)19-26(29)25-17-23(3)34(4,27(18-25)28-11-6-7-14-35-28)44(41,42)38-16-13-24-12-15-36-33(40)31(24)38/h6-20,27H,1-5H3,(H,36,40). The molecule has 0 saturated heterocycles. The summed E-state index contributed by atoms with van der Waals surface area (Å²) in [6.45, 7) is 7.32. The van der Waals surface area contributed by atoms with Crippen LogP contribution in [0.2, 0.25) is 0 Å². The van der Waals surface area contributed by atoms with Crippen LogP contribution in [-0.4, -0.2) is 31.7 Å². The van der Waals surface area contributed by atoms with Gasteiger partial charge in [-0.2, -0.15) is 0 Å². The van der Waals surface area contributed by atoms with Crippen molar-refractivity contribution in [3.05, 3.63) is 140 Å². The minimum atomic E-state index is -4.26. The summed E-state index contributed by atoms with van der Waals surface area (Å²) in [4.78, 5) is 33.0. The predicted octanol–water partition coefficient (Wildman–Crippen LogP) is 5.60. The molecule has 9 nitrogen and oxygen atoms in total. The number of hydrogen-bond acceptors (Lipinski definition) is 6. The third-order valence-electron chi connectivity index (χ3n) is 8.60. The first-order valence-electron chi connectivity index (χ1n) is 14.1. The number of hydrogen-bond donors (Lipinski definition) is 1. The second-order valence-corrected chi connectivity index (χ2v) is 13.5. The van der Waals surface area contributed by atoms with E-state index in [0.29, 0.717) is 39.3 Å². The maximum absolute atomic E-state index is 14.7. The molecule has 0 radical (unpaired) electrons. The lowest BCUT2D eigenvalue weighted by molar-refractivity contribution is 0.467. The van der Waals surface area contributed by atoms with Gasteiger partial charge in [0.15, 0.2) is 5.75 Å². The van der Waals surface area contributed by atoms with Gasteiger partial charge in [-0.05, 0) is 74.2 Å². The fraction of sp³-hybridized carbons (Fsp3) is 0.206. The molecule has 4 aromatic heterocycles. The Bertz CT molecular complexity index is 2210. The first-order valence-corrected chi connectivity index (χ1v) is 15.6. The van der Waals surface area contributed by atoms with E-state index < -0.39 is 26.2 Å². The van der Waals surface area contributed by atoms with Crippen LogP contribution in [0.1, 0.15) is 42.1 Å². The zero-order chi connectivity index (χ0) is 31.4. The van der Waals surface area contributed by atoms with Crippen LogP contribution in [0.15, 0.2) is 107 Å². The molecular formula is C34H32N4O5S. The highest BCUT2D eigenvalue weighted by atomic mass is 32.2. The maximum atomic E-state index is 14.7. The SMILES string of the molecule is CC1=CC(c2cc(=O)n(C)cc2Oc2c(C)cccc2C)=CC(c2ccccn2)C1(C)S(=O)(=O)n1ccc2cc[nH]c(=O)c21. The van der Waals surface area contributed by atoms with E-state index in [9.17, 15) is 18.0 Å². The number of aromatic nitrogens is 4. The van der Waals surface area contributed by atoms with Gasteiger partial charge in [-0.3, -0.25) is 14.6 Å². The third kappa shape index (κ3) is 4.53. The van der Waals surface area contributed by atoms with Crippen molar-refractivity contribution in [3.63, 3.8) is 0 Å². The van der Waals surface area contributed by atoms with Gasteiger partial charge in [0.05, 0.1) is 6.20 Å². The lowest BCUT2D eigenvalue weighted by Gasteiger charge is -2.39. The topological polar surface area (TPSA) is 116 Å². The monoisotopic (exact) mass is 608 g/mol. The van der Waals surface area contributed by atoms with E-state index in [1.54, 1.807) is 69.7 Å². The van der Waals surface area contributed by atoms with Crippen molar-refractivity contribution in [1.29, 1.82) is 0 Å². The van der Waals surface area contributed by atoms with Gasteiger partial charge in [-0.25, -0.2) is 12.4 Å². The molecule has 0 aliphatic heterocycles. The molecule has 1 aliphatic rings. The predicted molar refractivity (Wildman–Crippen MR) is 172 cm³/mol. The van der Waals surface area contributed by atoms with Crippen LogP contribution in [0.3, 0.4) is 0 Å². The van der Waals surface area contributed by atoms with E-state index in [0.717, 1.165) is 15.1 Å². The highest BCUT2D eigenvalue weighted by Gasteiger charge is 2.51. The number of nitrogens with one attached hydrogen (secondary N) is 1. The van der Waals surface area contributed by atoms with Gasteiger partial charge in [0.1, 0.15) is 16.0 Å². The summed E-state index contributed by atoms with van der Waals surface area (Å²) >= 11 is 0. The second-order valence-electron chi connectivity index (χ2n) is 11.3. The molecule has 224 valence electrons. The average molecular weight is 609 g/mol. The summed E-state index contributed by atoms with van der Waals surface area (Å²) in [7, 11) is -2.60. The Labute approximate surface area is 254 Å². The van der Waals surface area contributed by atoms with Gasteiger partial charge in [0.25, 0.3) is 11.1 Å². The van der Waals surface area contributed by atoms with Gasteiger partial charge in [-0.1, -0.05) is 36.4 Å². The lowest BCUT2D eigenvalue weighted by atomic mass is 9.77. The van der Waals surface area contributed by atoms with Crippen molar-refractivity contribution in [2.45, 2.75) is 38.4 Å². The smallest absolute Gasteiger partial charge is 0.273 e. The molecule has 0 bridgehead atoms. The van der Waals surface area contributed by atoms with E-state index in [-0.39, 0.29) is 11.1 Å². The van der Waals surface area contributed by atoms with Gasteiger partial charge >= 0.3 is 0 Å². The van der Waals surface area contributed by atoms with E-state index in [2.05, 4.69) is 9.97 Å². The van der Waals surface area contributed by atoms with Crippen LogP contribution in [0.4, 0.5) is 0 Å². The minimum Gasteiger partial charge on any atom is -0.455 e. The van der Waals surface area contributed by atoms with Crippen LogP contribution >= 0.6 is 0 Å². The van der Waals surface area contributed by atoms with Crippen LogP contribution in [0.25, 0.3) is 16.5 Å². The number of allylic oxidation sites excluding steroid dienone is 3. The summed E-state index contributed by atoms with van der Waals surface area (Å²) in [5.41, 5.74) is 3.37. The number of para-hydroxylation sites is 1. The molecule has 0 fully saturated rings. The van der Waals surface area contributed by atoms with Crippen molar-refractivity contribution in [3.8, 4) is 11.5 Å². The number of pyridine rings is 3. The Morgan fingerprint density at radius 2 is 1.75 bits per heavy atom. The number of rotatable bonds is 6. The maximum Gasteiger partial charge on any atom is 0.273 e. The van der Waals surface area contributed by atoms with Crippen molar-refractivity contribution >= 4 is 26.5 Å². The third-order valence-corrected chi connectivity index (χ3v) is 11.1. The lowest BCUT2D eigenvalue weighted by Crippen LogP contribution is -2.47. The van der Waals surface area contributed by atoms with Crippen LogP contribution in [0.5, 0.6) is 11.5 Å². The molecule has 2 atom stereocenters. The minimum absolute atomic E-state index is 0.0481. The molecular weight excluding hydrogens is 576 g/mol. The van der Waals surface area contributed by atoms with Gasteiger partial charge in [0.2, 0.25) is 10.0 Å². The highest BCUT2D eigenvalue weighted by Crippen LogP contribution is 2.48. The molecule has 0 amide bonds. The zero-order valence-electron chi connectivity index (χ0n) is 25.0. The quantitative estimate of drug-likeness (QED) is 0.269. The first-order chi connectivity index (χ1) is 20.9. The molecule has 1 N–H and O–H groups in total. The first kappa shape index (κ1) is 29.1. The van der Waals surface area contributed by atoms with Crippen LogP contribution in [0, 0.1) is 13.8 Å². The van der Waals surface area contributed by atoms with Crippen molar-refractivity contribution in [2.24, 2.45) is 7.05 Å². The molecule has 5 aromatic rings. The van der Waals surface area contributed by atoms with E-state index in [1.165, 1.54) is 23.0 Å². The molecule has 1 aromatic carbocycles.